The molecule has 0 spiro atoms. The fraction of sp³-hybridized carbons (Fsp3) is 0.321. The van der Waals surface area contributed by atoms with Crippen LogP contribution in [0.15, 0.2) is 65.6 Å². The lowest BCUT2D eigenvalue weighted by atomic mass is 10.1. The van der Waals surface area contributed by atoms with Gasteiger partial charge in [0.2, 0.25) is 6.79 Å². The summed E-state index contributed by atoms with van der Waals surface area (Å²) in [4.78, 5) is 18.8. The number of rotatable bonds is 8. The highest BCUT2D eigenvalue weighted by molar-refractivity contribution is 7.98. The average molecular weight is 525 g/mol. The van der Waals surface area contributed by atoms with Crippen LogP contribution in [-0.2, 0) is 12.3 Å². The molecule has 0 unspecified atom stereocenters. The summed E-state index contributed by atoms with van der Waals surface area (Å²) in [5, 5.41) is 0.720. The Morgan fingerprint density at radius 2 is 1.75 bits per heavy atom. The maximum absolute atomic E-state index is 13.3. The number of hydrogen-bond acceptors (Lipinski definition) is 6. The van der Waals surface area contributed by atoms with E-state index in [-0.39, 0.29) is 12.7 Å². The molecule has 36 heavy (non-hydrogen) atoms. The average Bonchev–Trinajstić information content (AvgIpc) is 3.37. The summed E-state index contributed by atoms with van der Waals surface area (Å²) >= 11 is 7.71. The van der Waals surface area contributed by atoms with Crippen LogP contribution in [0.5, 0.6) is 17.2 Å². The first-order valence-corrected chi connectivity index (χ1v) is 13.5. The van der Waals surface area contributed by atoms with Crippen LogP contribution in [-0.4, -0.2) is 55.3 Å². The van der Waals surface area contributed by atoms with Crippen molar-refractivity contribution in [3.63, 3.8) is 0 Å². The molecule has 1 amide bonds. The van der Waals surface area contributed by atoms with Gasteiger partial charge >= 0.3 is 0 Å². The van der Waals surface area contributed by atoms with E-state index in [1.54, 1.807) is 11.8 Å². The van der Waals surface area contributed by atoms with Crippen LogP contribution in [0.4, 0.5) is 0 Å². The first-order valence-electron chi connectivity index (χ1n) is 12.1. The largest absolute Gasteiger partial charge is 0.494 e. The quantitative estimate of drug-likeness (QED) is 0.351. The number of piperazine rings is 1. The summed E-state index contributed by atoms with van der Waals surface area (Å²) < 4.78 is 16.7. The van der Waals surface area contributed by atoms with Gasteiger partial charge in [-0.15, -0.1) is 11.8 Å². The van der Waals surface area contributed by atoms with Gasteiger partial charge in [-0.2, -0.15) is 0 Å². The first-order chi connectivity index (χ1) is 17.6. The molecule has 1 fully saturated rings. The molecular formula is C28H29ClN2O4S. The molecule has 0 aromatic heterocycles. The van der Waals surface area contributed by atoms with Gasteiger partial charge < -0.3 is 19.1 Å². The smallest absolute Gasteiger partial charge is 0.253 e. The molecule has 188 valence electrons. The van der Waals surface area contributed by atoms with Crippen molar-refractivity contribution in [3.8, 4) is 17.2 Å². The first kappa shape index (κ1) is 24.8. The van der Waals surface area contributed by atoms with Gasteiger partial charge in [-0.05, 0) is 67.1 Å². The molecule has 5 rings (SSSR count). The molecule has 2 aliphatic heterocycles. The van der Waals surface area contributed by atoms with Crippen molar-refractivity contribution in [2.24, 2.45) is 0 Å². The Morgan fingerprint density at radius 1 is 0.972 bits per heavy atom. The topological polar surface area (TPSA) is 51.2 Å². The summed E-state index contributed by atoms with van der Waals surface area (Å²) in [7, 11) is 0. The number of benzene rings is 3. The number of fused-ring (bicyclic) bond motifs is 1. The van der Waals surface area contributed by atoms with Crippen molar-refractivity contribution in [1.82, 2.24) is 9.80 Å². The van der Waals surface area contributed by atoms with Crippen molar-refractivity contribution < 1.29 is 19.0 Å². The Kier molecular flexibility index (Phi) is 7.90. The monoisotopic (exact) mass is 524 g/mol. The molecule has 6 nitrogen and oxygen atoms in total. The molecule has 3 aromatic carbocycles. The zero-order valence-electron chi connectivity index (χ0n) is 20.2. The van der Waals surface area contributed by atoms with Crippen LogP contribution in [0.2, 0.25) is 5.02 Å². The van der Waals surface area contributed by atoms with Gasteiger partial charge in [0, 0.05) is 59.5 Å². The van der Waals surface area contributed by atoms with E-state index in [0.717, 1.165) is 52.4 Å². The SMILES string of the molecule is CCOc1ccc(C(=O)N2CCN(Cc3ccc4c(c3)OCO4)CC2)cc1CSc1ccc(Cl)cc1. The van der Waals surface area contributed by atoms with Crippen LogP contribution >= 0.6 is 23.4 Å². The highest BCUT2D eigenvalue weighted by atomic mass is 35.5. The van der Waals surface area contributed by atoms with Gasteiger partial charge in [0.25, 0.3) is 5.91 Å². The van der Waals surface area contributed by atoms with Crippen molar-refractivity contribution in [2.45, 2.75) is 24.1 Å². The highest BCUT2D eigenvalue weighted by Crippen LogP contribution is 2.33. The maximum Gasteiger partial charge on any atom is 0.253 e. The predicted octanol–water partition coefficient (Wildman–Crippen LogP) is 5.72. The zero-order chi connectivity index (χ0) is 24.9. The lowest BCUT2D eigenvalue weighted by Gasteiger charge is -2.35. The van der Waals surface area contributed by atoms with Gasteiger partial charge in [0.1, 0.15) is 5.75 Å². The molecule has 0 bridgehead atoms. The van der Waals surface area contributed by atoms with E-state index in [9.17, 15) is 4.79 Å². The standard InChI is InChI=1S/C28H29ClN2O4S/c1-2-33-25-10-4-21(16-22(25)18-36-24-7-5-23(29)6-8-24)28(32)31-13-11-30(12-14-31)17-20-3-9-26-27(15-20)35-19-34-26/h3-10,15-16H,2,11-14,17-19H2,1H3. The van der Waals surface area contributed by atoms with Gasteiger partial charge in [-0.25, -0.2) is 0 Å². The lowest BCUT2D eigenvalue weighted by molar-refractivity contribution is 0.0628. The Hall–Kier alpha value is -2.87. The summed E-state index contributed by atoms with van der Waals surface area (Å²) in [5.41, 5.74) is 2.91. The zero-order valence-corrected chi connectivity index (χ0v) is 21.8. The Balaban J connectivity index is 1.20. The molecule has 3 aromatic rings. The minimum Gasteiger partial charge on any atom is -0.494 e. The third kappa shape index (κ3) is 5.91. The van der Waals surface area contributed by atoms with Crippen LogP contribution in [0, 0.1) is 0 Å². The molecule has 1 saturated heterocycles. The number of nitrogens with zero attached hydrogens (tertiary/aromatic N) is 2. The number of hydrogen-bond donors (Lipinski definition) is 0. The second kappa shape index (κ2) is 11.5. The molecule has 8 heteroatoms. The van der Waals surface area contributed by atoms with Crippen LogP contribution in [0.25, 0.3) is 0 Å². The normalized spacial score (nSPS) is 15.2. The highest BCUT2D eigenvalue weighted by Gasteiger charge is 2.24. The van der Waals surface area contributed by atoms with E-state index in [2.05, 4.69) is 11.0 Å². The minimum atomic E-state index is 0.0681. The molecule has 0 radical (unpaired) electrons. The van der Waals surface area contributed by atoms with Crippen LogP contribution in [0.1, 0.15) is 28.4 Å². The third-order valence-corrected chi connectivity index (χ3v) is 7.63. The molecule has 2 heterocycles. The van der Waals surface area contributed by atoms with E-state index in [1.807, 2.05) is 66.4 Å². The molecule has 0 N–H and O–H groups in total. The maximum atomic E-state index is 13.3. The van der Waals surface area contributed by atoms with E-state index in [4.69, 9.17) is 25.8 Å². The van der Waals surface area contributed by atoms with Gasteiger partial charge in [0.05, 0.1) is 6.61 Å². The molecule has 0 aliphatic carbocycles. The number of carbonyl (C=O) groups excluding carboxylic acids is 1. The van der Waals surface area contributed by atoms with Crippen LogP contribution < -0.4 is 14.2 Å². The summed E-state index contributed by atoms with van der Waals surface area (Å²) in [6, 6.07) is 19.7. The second-order valence-corrected chi connectivity index (χ2v) is 10.2. The van der Waals surface area contributed by atoms with Crippen molar-refractivity contribution in [3.05, 3.63) is 82.4 Å². The Bertz CT molecular complexity index is 1210. The summed E-state index contributed by atoms with van der Waals surface area (Å²) in [6.07, 6.45) is 0. The number of halogens is 1. The van der Waals surface area contributed by atoms with Crippen molar-refractivity contribution in [2.75, 3.05) is 39.6 Å². The van der Waals surface area contributed by atoms with E-state index in [0.29, 0.717) is 31.0 Å². The Morgan fingerprint density at radius 3 is 2.53 bits per heavy atom. The third-order valence-electron chi connectivity index (χ3n) is 6.32. The molecule has 0 atom stereocenters. The van der Waals surface area contributed by atoms with E-state index in [1.165, 1.54) is 5.56 Å². The fourth-order valence-electron chi connectivity index (χ4n) is 4.40. The summed E-state index contributed by atoms with van der Waals surface area (Å²) in [6.45, 7) is 6.72. The number of ether oxygens (including phenoxy) is 3. The number of amides is 1. The number of thioether (sulfide) groups is 1. The Labute approximate surface area is 221 Å². The van der Waals surface area contributed by atoms with E-state index < -0.39 is 0 Å². The lowest BCUT2D eigenvalue weighted by Crippen LogP contribution is -2.48. The summed E-state index contributed by atoms with van der Waals surface area (Å²) in [5.74, 6) is 3.21. The molecule has 2 aliphatic rings. The second-order valence-electron chi connectivity index (χ2n) is 8.75. The fourth-order valence-corrected chi connectivity index (χ4v) is 5.40. The number of carbonyl (C=O) groups is 1. The van der Waals surface area contributed by atoms with E-state index >= 15 is 0 Å². The van der Waals surface area contributed by atoms with Crippen molar-refractivity contribution in [1.29, 1.82) is 0 Å². The van der Waals surface area contributed by atoms with Crippen molar-refractivity contribution >= 4 is 29.3 Å². The van der Waals surface area contributed by atoms with Crippen LogP contribution in [0.3, 0.4) is 0 Å². The minimum absolute atomic E-state index is 0.0681. The van der Waals surface area contributed by atoms with Gasteiger partial charge in [-0.1, -0.05) is 17.7 Å². The van der Waals surface area contributed by atoms with Gasteiger partial charge in [-0.3, -0.25) is 9.69 Å². The molecule has 0 saturated carbocycles. The molecular weight excluding hydrogens is 496 g/mol. The van der Waals surface area contributed by atoms with Gasteiger partial charge in [0.15, 0.2) is 11.5 Å². The predicted molar refractivity (Wildman–Crippen MR) is 142 cm³/mol.